The van der Waals surface area contributed by atoms with Crippen LogP contribution in [-0.2, 0) is 9.59 Å². The van der Waals surface area contributed by atoms with Gasteiger partial charge in [-0.05, 0) is 25.8 Å². The second-order valence-corrected chi connectivity index (χ2v) is 3.72. The third-order valence-electron chi connectivity index (χ3n) is 2.35. The molecular formula is C11H16N2O2. The maximum absolute atomic E-state index is 11.2. The van der Waals surface area contributed by atoms with Crippen molar-refractivity contribution in [1.29, 1.82) is 5.41 Å². The highest BCUT2D eigenvalue weighted by molar-refractivity contribution is 6.14. The summed E-state index contributed by atoms with van der Waals surface area (Å²) in [5, 5.41) is 7.45. The lowest BCUT2D eigenvalue weighted by atomic mass is 10.1. The third kappa shape index (κ3) is 3.65. The molecule has 0 spiro atoms. The first-order valence-electron chi connectivity index (χ1n) is 5.19. The summed E-state index contributed by atoms with van der Waals surface area (Å²) in [4.78, 5) is 23.3. The number of nitrogens with one attached hydrogen (secondary N) is 1. The van der Waals surface area contributed by atoms with E-state index in [0.29, 0.717) is 13.0 Å². The van der Waals surface area contributed by atoms with Crippen LogP contribution in [0.4, 0.5) is 0 Å². The number of ketones is 1. The van der Waals surface area contributed by atoms with Crippen molar-refractivity contribution >= 4 is 17.5 Å². The fourth-order valence-corrected chi connectivity index (χ4v) is 1.50. The van der Waals surface area contributed by atoms with Crippen LogP contribution in [0.3, 0.4) is 0 Å². The number of carbonyl (C=O) groups is 2. The first kappa shape index (κ1) is 11.6. The Morgan fingerprint density at radius 3 is 2.60 bits per heavy atom. The highest BCUT2D eigenvalue weighted by Gasteiger charge is 2.18. The van der Waals surface area contributed by atoms with Crippen LogP contribution >= 0.6 is 0 Å². The van der Waals surface area contributed by atoms with E-state index in [4.69, 9.17) is 5.41 Å². The summed E-state index contributed by atoms with van der Waals surface area (Å²) in [6.45, 7) is 2.17. The molecule has 82 valence electrons. The van der Waals surface area contributed by atoms with Crippen LogP contribution < -0.4 is 0 Å². The molecule has 1 aliphatic rings. The average Bonchev–Trinajstić information content (AvgIpc) is 2.47. The maximum Gasteiger partial charge on any atom is 0.252 e. The van der Waals surface area contributed by atoms with Crippen LogP contribution in [0.25, 0.3) is 0 Å². The molecule has 1 aliphatic heterocycles. The molecule has 0 aromatic carbocycles. The first-order valence-corrected chi connectivity index (χ1v) is 5.19. The number of unbranched alkanes of at least 4 members (excludes halogenated alkanes) is 2. The van der Waals surface area contributed by atoms with Gasteiger partial charge in [0.05, 0.1) is 0 Å². The van der Waals surface area contributed by atoms with Gasteiger partial charge in [-0.25, -0.2) is 0 Å². The van der Waals surface area contributed by atoms with Gasteiger partial charge in [0.25, 0.3) is 5.91 Å². The highest BCUT2D eigenvalue weighted by Crippen LogP contribution is 2.07. The predicted molar refractivity (Wildman–Crippen MR) is 57.7 cm³/mol. The van der Waals surface area contributed by atoms with Crippen LogP contribution in [0.2, 0.25) is 0 Å². The molecule has 0 unspecified atom stereocenters. The van der Waals surface area contributed by atoms with Gasteiger partial charge in [-0.2, -0.15) is 0 Å². The monoisotopic (exact) mass is 208 g/mol. The van der Waals surface area contributed by atoms with Crippen molar-refractivity contribution in [3.63, 3.8) is 0 Å². The zero-order chi connectivity index (χ0) is 11.3. The van der Waals surface area contributed by atoms with Gasteiger partial charge in [0.2, 0.25) is 0 Å². The van der Waals surface area contributed by atoms with Crippen molar-refractivity contribution in [2.75, 3.05) is 6.54 Å². The summed E-state index contributed by atoms with van der Waals surface area (Å²) in [6.07, 6.45) is 6.19. The molecule has 0 saturated carbocycles. The predicted octanol–water partition coefficient (Wildman–Crippen LogP) is 1.51. The molecule has 0 radical (unpaired) electrons. The van der Waals surface area contributed by atoms with Crippen molar-refractivity contribution < 1.29 is 9.59 Å². The molecule has 0 aliphatic carbocycles. The van der Waals surface area contributed by atoms with E-state index < -0.39 is 0 Å². The Bertz CT molecular complexity index is 290. The molecule has 1 amide bonds. The molecule has 1 heterocycles. The normalized spacial score (nSPS) is 15.1. The van der Waals surface area contributed by atoms with E-state index in [2.05, 4.69) is 0 Å². The van der Waals surface area contributed by atoms with Gasteiger partial charge in [-0.1, -0.05) is 6.42 Å². The molecule has 4 heteroatoms. The Hall–Kier alpha value is -1.45. The lowest BCUT2D eigenvalue weighted by Crippen LogP contribution is -2.30. The van der Waals surface area contributed by atoms with Gasteiger partial charge in [0, 0.05) is 19.0 Å². The summed E-state index contributed by atoms with van der Waals surface area (Å²) >= 11 is 0. The maximum atomic E-state index is 11.2. The van der Waals surface area contributed by atoms with Crippen LogP contribution in [0.15, 0.2) is 12.2 Å². The molecule has 0 atom stereocenters. The van der Waals surface area contributed by atoms with E-state index >= 15 is 0 Å². The average molecular weight is 208 g/mol. The van der Waals surface area contributed by atoms with Crippen molar-refractivity contribution in [1.82, 2.24) is 4.90 Å². The van der Waals surface area contributed by atoms with Crippen molar-refractivity contribution in [2.45, 2.75) is 32.6 Å². The number of rotatable bonds is 6. The lowest BCUT2D eigenvalue weighted by molar-refractivity contribution is -0.122. The van der Waals surface area contributed by atoms with Crippen molar-refractivity contribution in [3.05, 3.63) is 12.2 Å². The molecule has 0 aromatic heterocycles. The van der Waals surface area contributed by atoms with Gasteiger partial charge in [0.1, 0.15) is 11.6 Å². The zero-order valence-corrected chi connectivity index (χ0v) is 8.95. The van der Waals surface area contributed by atoms with Crippen molar-refractivity contribution in [3.8, 4) is 0 Å². The molecule has 0 aromatic rings. The first-order chi connectivity index (χ1) is 7.11. The van der Waals surface area contributed by atoms with Crippen LogP contribution in [0.5, 0.6) is 0 Å². The Balaban J connectivity index is 2.13. The number of Topliss-reactive ketones (excluding diaryl/α,β-unsaturated/α-hetero) is 1. The van der Waals surface area contributed by atoms with Crippen LogP contribution in [-0.4, -0.2) is 29.0 Å². The van der Waals surface area contributed by atoms with E-state index in [9.17, 15) is 9.59 Å². The highest BCUT2D eigenvalue weighted by atomic mass is 16.2. The van der Waals surface area contributed by atoms with E-state index in [0.717, 1.165) is 19.3 Å². The molecular weight excluding hydrogens is 192 g/mol. The minimum Gasteiger partial charge on any atom is -0.300 e. The van der Waals surface area contributed by atoms with Gasteiger partial charge in [-0.15, -0.1) is 0 Å². The lowest BCUT2D eigenvalue weighted by Gasteiger charge is -2.15. The number of amides is 1. The van der Waals surface area contributed by atoms with E-state index in [1.54, 1.807) is 6.92 Å². The Morgan fingerprint density at radius 2 is 2.07 bits per heavy atom. The van der Waals surface area contributed by atoms with E-state index in [1.807, 2.05) is 0 Å². The van der Waals surface area contributed by atoms with Crippen LogP contribution in [0, 0.1) is 5.41 Å². The molecule has 1 N–H and O–H groups in total. The fourth-order valence-electron chi connectivity index (χ4n) is 1.50. The second-order valence-electron chi connectivity index (χ2n) is 3.72. The van der Waals surface area contributed by atoms with Crippen LogP contribution in [0.1, 0.15) is 32.6 Å². The van der Waals surface area contributed by atoms with Crippen molar-refractivity contribution in [2.24, 2.45) is 0 Å². The number of hydrogen-bond acceptors (Lipinski definition) is 3. The summed E-state index contributed by atoms with van der Waals surface area (Å²) in [5.41, 5.74) is 0. The number of carbonyl (C=O) groups excluding carboxylic acids is 2. The standard InChI is InChI=1S/C11H16N2O2/c1-9(14)5-3-2-4-8-13-10(12)6-7-11(13)15/h6-7,12H,2-5,8H2,1H3. The number of hydrogen-bond donors (Lipinski definition) is 1. The van der Waals surface area contributed by atoms with Gasteiger partial charge in [0.15, 0.2) is 0 Å². The van der Waals surface area contributed by atoms with Gasteiger partial charge < -0.3 is 4.79 Å². The molecule has 0 saturated heterocycles. The Labute approximate surface area is 89.5 Å². The van der Waals surface area contributed by atoms with Gasteiger partial charge >= 0.3 is 0 Å². The topological polar surface area (TPSA) is 61.2 Å². The minimum atomic E-state index is -0.105. The quantitative estimate of drug-likeness (QED) is 0.672. The second kappa shape index (κ2) is 5.44. The minimum absolute atomic E-state index is 0.105. The third-order valence-corrected chi connectivity index (χ3v) is 2.35. The van der Waals surface area contributed by atoms with Gasteiger partial charge in [-0.3, -0.25) is 15.1 Å². The molecule has 4 nitrogen and oxygen atoms in total. The zero-order valence-electron chi connectivity index (χ0n) is 8.95. The fraction of sp³-hybridized carbons (Fsp3) is 0.545. The summed E-state index contributed by atoms with van der Waals surface area (Å²) in [5.74, 6) is 0.375. The Morgan fingerprint density at radius 1 is 1.33 bits per heavy atom. The molecule has 1 rings (SSSR count). The SMILES string of the molecule is CC(=O)CCCCCN1C(=N)C=CC1=O. The largest absolute Gasteiger partial charge is 0.300 e. The number of nitrogens with zero attached hydrogens (tertiary/aromatic N) is 1. The summed E-state index contributed by atoms with van der Waals surface area (Å²) in [6, 6.07) is 0. The molecule has 15 heavy (non-hydrogen) atoms. The smallest absolute Gasteiger partial charge is 0.252 e. The summed E-state index contributed by atoms with van der Waals surface area (Å²) in [7, 11) is 0. The Kier molecular flexibility index (Phi) is 4.21. The van der Waals surface area contributed by atoms with E-state index in [1.165, 1.54) is 17.1 Å². The van der Waals surface area contributed by atoms with E-state index in [-0.39, 0.29) is 17.5 Å². The number of amidine groups is 1. The molecule has 0 bridgehead atoms. The summed E-state index contributed by atoms with van der Waals surface area (Å²) < 4.78 is 0. The molecule has 0 fully saturated rings.